The molecule has 1 nitrogen and oxygen atoms in total. The standard InChI is InChI=1S/C10H20OTe/c1-2-3-8-12-9-10-6-4-5-7-11-10/h10H,2-9H2,1H3. The predicted octanol–water partition coefficient (Wildman–Crippen LogP) is 2.90. The maximum atomic E-state index is 5.69. The second-order valence-corrected chi connectivity index (χ2v) is 6.70. The van der Waals surface area contributed by atoms with E-state index in [9.17, 15) is 0 Å². The van der Waals surface area contributed by atoms with Crippen LogP contribution in [-0.2, 0) is 4.74 Å². The van der Waals surface area contributed by atoms with E-state index in [4.69, 9.17) is 4.74 Å². The Kier molecular flexibility index (Phi) is 6.48. The van der Waals surface area contributed by atoms with Crippen LogP contribution in [0.25, 0.3) is 0 Å². The Balaban J connectivity index is 1.91. The summed E-state index contributed by atoms with van der Waals surface area (Å²) in [5.41, 5.74) is 0. The molecule has 1 aliphatic rings. The topological polar surface area (TPSA) is 9.23 Å². The first-order chi connectivity index (χ1) is 5.93. The quantitative estimate of drug-likeness (QED) is 0.557. The van der Waals surface area contributed by atoms with Crippen LogP contribution >= 0.6 is 0 Å². The molecule has 0 amide bonds. The zero-order chi connectivity index (χ0) is 8.65. The number of hydrogen-bond acceptors (Lipinski definition) is 1. The molecule has 1 fully saturated rings. The van der Waals surface area contributed by atoms with Crippen LogP contribution in [0.1, 0.15) is 39.0 Å². The van der Waals surface area contributed by atoms with Gasteiger partial charge in [0.05, 0.1) is 0 Å². The molecule has 0 N–H and O–H groups in total. The average Bonchev–Trinajstić information content (AvgIpc) is 2.14. The van der Waals surface area contributed by atoms with Gasteiger partial charge >= 0.3 is 86.3 Å². The van der Waals surface area contributed by atoms with Crippen molar-refractivity contribution in [2.45, 2.75) is 54.1 Å². The van der Waals surface area contributed by atoms with E-state index in [1.807, 2.05) is 0 Å². The van der Waals surface area contributed by atoms with E-state index in [0.717, 1.165) is 6.61 Å². The molecule has 1 aliphatic heterocycles. The molecule has 1 saturated heterocycles. The molecular formula is C10H20OTe. The molecule has 0 bridgehead atoms. The van der Waals surface area contributed by atoms with Gasteiger partial charge < -0.3 is 0 Å². The third-order valence-corrected chi connectivity index (χ3v) is 5.60. The molecule has 0 aromatic heterocycles. The Hall–Kier alpha value is 0.750. The van der Waals surface area contributed by atoms with Crippen LogP contribution in [-0.4, -0.2) is 33.6 Å². The third-order valence-electron chi connectivity index (χ3n) is 2.22. The first-order valence-corrected chi connectivity index (χ1v) is 8.42. The molecule has 1 heterocycles. The van der Waals surface area contributed by atoms with Gasteiger partial charge in [-0.15, -0.1) is 0 Å². The zero-order valence-electron chi connectivity index (χ0n) is 8.05. The van der Waals surface area contributed by atoms with Crippen molar-refractivity contribution in [1.82, 2.24) is 0 Å². The summed E-state index contributed by atoms with van der Waals surface area (Å²) in [5.74, 6) is 0. The van der Waals surface area contributed by atoms with E-state index >= 15 is 0 Å². The van der Waals surface area contributed by atoms with Gasteiger partial charge in [-0.25, -0.2) is 0 Å². The van der Waals surface area contributed by atoms with Crippen LogP contribution in [0.15, 0.2) is 0 Å². The first-order valence-electron chi connectivity index (χ1n) is 5.13. The Bertz CT molecular complexity index is 100. The van der Waals surface area contributed by atoms with Crippen LogP contribution in [0.5, 0.6) is 0 Å². The zero-order valence-corrected chi connectivity index (χ0v) is 10.4. The van der Waals surface area contributed by atoms with Crippen molar-refractivity contribution < 1.29 is 4.74 Å². The SMILES string of the molecule is CCCC[Te]CC1CCCCO1. The maximum absolute atomic E-state index is 5.69. The molecule has 0 saturated carbocycles. The molecule has 1 rings (SSSR count). The minimum absolute atomic E-state index is 0.304. The van der Waals surface area contributed by atoms with Crippen LogP contribution in [0.3, 0.4) is 0 Å². The fraction of sp³-hybridized carbons (Fsp3) is 1.00. The molecule has 1 atom stereocenters. The Morgan fingerprint density at radius 2 is 2.33 bits per heavy atom. The van der Waals surface area contributed by atoms with Gasteiger partial charge in [0.1, 0.15) is 0 Å². The summed E-state index contributed by atoms with van der Waals surface area (Å²) >= 11 is 0.304. The summed E-state index contributed by atoms with van der Waals surface area (Å²) in [4.78, 5) is 0. The van der Waals surface area contributed by atoms with E-state index in [1.165, 1.54) is 41.0 Å². The van der Waals surface area contributed by atoms with Crippen molar-refractivity contribution in [1.29, 1.82) is 0 Å². The monoisotopic (exact) mass is 286 g/mol. The molecule has 1 unspecified atom stereocenters. The van der Waals surface area contributed by atoms with Crippen molar-refractivity contribution in [2.24, 2.45) is 0 Å². The summed E-state index contributed by atoms with van der Waals surface area (Å²) in [6, 6.07) is 0. The van der Waals surface area contributed by atoms with E-state index in [0.29, 0.717) is 27.0 Å². The minimum atomic E-state index is 0.304. The molecule has 0 spiro atoms. The first kappa shape index (κ1) is 10.8. The Labute approximate surface area is 86.3 Å². The predicted molar refractivity (Wildman–Crippen MR) is 53.9 cm³/mol. The average molecular weight is 284 g/mol. The molecule has 72 valence electrons. The molecule has 2 heteroatoms. The van der Waals surface area contributed by atoms with Gasteiger partial charge in [0, 0.05) is 0 Å². The van der Waals surface area contributed by atoms with Crippen molar-refractivity contribution >= 4 is 20.9 Å². The third kappa shape index (κ3) is 4.70. The van der Waals surface area contributed by atoms with Gasteiger partial charge in [-0.3, -0.25) is 0 Å². The van der Waals surface area contributed by atoms with Gasteiger partial charge in [-0.1, -0.05) is 0 Å². The van der Waals surface area contributed by atoms with Gasteiger partial charge in [-0.2, -0.15) is 0 Å². The molecule has 12 heavy (non-hydrogen) atoms. The molecule has 0 aromatic rings. The summed E-state index contributed by atoms with van der Waals surface area (Å²) in [6.07, 6.45) is 7.54. The summed E-state index contributed by atoms with van der Waals surface area (Å²) in [7, 11) is 0. The van der Waals surface area contributed by atoms with Gasteiger partial charge in [-0.05, 0) is 0 Å². The number of hydrogen-bond donors (Lipinski definition) is 0. The Morgan fingerprint density at radius 3 is 3.00 bits per heavy atom. The second kappa shape index (κ2) is 7.18. The van der Waals surface area contributed by atoms with E-state index in [2.05, 4.69) is 6.92 Å². The summed E-state index contributed by atoms with van der Waals surface area (Å²) in [6.45, 7) is 3.31. The molecule has 0 aromatic carbocycles. The van der Waals surface area contributed by atoms with Crippen molar-refractivity contribution in [3.63, 3.8) is 0 Å². The fourth-order valence-corrected chi connectivity index (χ4v) is 4.78. The van der Waals surface area contributed by atoms with Crippen molar-refractivity contribution in [3.8, 4) is 0 Å². The van der Waals surface area contributed by atoms with Crippen molar-refractivity contribution in [2.75, 3.05) is 6.61 Å². The fourth-order valence-electron chi connectivity index (χ4n) is 1.40. The van der Waals surface area contributed by atoms with Gasteiger partial charge in [0.25, 0.3) is 0 Å². The molecule has 0 aliphatic carbocycles. The second-order valence-electron chi connectivity index (χ2n) is 3.42. The van der Waals surface area contributed by atoms with Crippen LogP contribution in [0, 0.1) is 0 Å². The van der Waals surface area contributed by atoms with Crippen LogP contribution in [0.4, 0.5) is 0 Å². The van der Waals surface area contributed by atoms with E-state index < -0.39 is 0 Å². The summed E-state index contributed by atoms with van der Waals surface area (Å²) in [5, 5.41) is 0. The normalized spacial score (nSPS) is 24.2. The van der Waals surface area contributed by atoms with Gasteiger partial charge in [0.15, 0.2) is 0 Å². The number of rotatable bonds is 5. The van der Waals surface area contributed by atoms with Gasteiger partial charge in [0.2, 0.25) is 0 Å². The van der Waals surface area contributed by atoms with Crippen LogP contribution in [0.2, 0.25) is 8.94 Å². The summed E-state index contributed by atoms with van der Waals surface area (Å²) < 4.78 is 8.66. The Morgan fingerprint density at radius 1 is 1.42 bits per heavy atom. The van der Waals surface area contributed by atoms with Crippen molar-refractivity contribution in [3.05, 3.63) is 0 Å². The molecule has 0 radical (unpaired) electrons. The van der Waals surface area contributed by atoms with Crippen LogP contribution < -0.4 is 0 Å². The molecular weight excluding hydrogens is 264 g/mol. The number of ether oxygens (including phenoxy) is 1. The number of unbranched alkanes of at least 4 members (excludes halogenated alkanes) is 1. The van der Waals surface area contributed by atoms with E-state index in [1.54, 1.807) is 0 Å². The van der Waals surface area contributed by atoms with E-state index in [-0.39, 0.29) is 0 Å².